The summed E-state index contributed by atoms with van der Waals surface area (Å²) in [7, 11) is 0. The van der Waals surface area contributed by atoms with E-state index in [4.69, 9.17) is 21.8 Å². The molecule has 0 saturated heterocycles. The molecular weight excluding hydrogens is 412 g/mol. The number of hydrogen-bond donors (Lipinski definition) is 2. The molecule has 4 rings (SSSR count). The summed E-state index contributed by atoms with van der Waals surface area (Å²) in [5, 5.41) is 17.4. The fourth-order valence-corrected chi connectivity index (χ4v) is 3.26. The fourth-order valence-electron chi connectivity index (χ4n) is 3.07. The van der Waals surface area contributed by atoms with Gasteiger partial charge in [0.2, 0.25) is 0 Å². The third-order valence-electron chi connectivity index (χ3n) is 4.86. The Bertz CT molecular complexity index is 993. The molecule has 2 aromatic rings. The summed E-state index contributed by atoms with van der Waals surface area (Å²) >= 11 is 5.38. The maximum Gasteiger partial charge on any atom is 0.335 e. The van der Waals surface area contributed by atoms with E-state index in [0.717, 1.165) is 5.88 Å². The van der Waals surface area contributed by atoms with Crippen molar-refractivity contribution in [3.8, 4) is 22.3 Å². The van der Waals surface area contributed by atoms with E-state index in [2.05, 4.69) is 55.5 Å². The fraction of sp³-hybridized carbons (Fsp3) is 0.231. The van der Waals surface area contributed by atoms with E-state index in [9.17, 15) is 9.59 Å². The molecule has 0 aliphatic heterocycles. The van der Waals surface area contributed by atoms with Crippen LogP contribution in [0.25, 0.3) is 22.3 Å². The molecule has 2 aromatic carbocycles. The van der Waals surface area contributed by atoms with Gasteiger partial charge in [-0.2, -0.15) is 0 Å². The normalized spacial score (nSPS) is 10.2. The Hall–Kier alpha value is -3.11. The van der Waals surface area contributed by atoms with E-state index in [-0.39, 0.29) is 16.7 Å². The van der Waals surface area contributed by atoms with Crippen LogP contribution in [0.1, 0.15) is 52.5 Å². The number of carboxylic acid groups (broad SMARTS) is 2. The Morgan fingerprint density at radius 1 is 0.774 bits per heavy atom. The van der Waals surface area contributed by atoms with Gasteiger partial charge in [-0.3, -0.25) is 0 Å². The van der Waals surface area contributed by atoms with Crippen molar-refractivity contribution in [2.75, 3.05) is 5.88 Å². The zero-order valence-corrected chi connectivity index (χ0v) is 18.5. The van der Waals surface area contributed by atoms with Gasteiger partial charge in [-0.1, -0.05) is 68.3 Å². The molecule has 0 heterocycles. The highest BCUT2D eigenvalue weighted by atomic mass is 35.5. The van der Waals surface area contributed by atoms with E-state index < -0.39 is 11.9 Å². The number of alkyl halides is 1. The van der Waals surface area contributed by atoms with Gasteiger partial charge in [-0.05, 0) is 59.4 Å². The molecule has 162 valence electrons. The van der Waals surface area contributed by atoms with Crippen molar-refractivity contribution in [1.82, 2.24) is 0 Å². The van der Waals surface area contributed by atoms with Crippen molar-refractivity contribution >= 4 is 23.5 Å². The quantitative estimate of drug-likeness (QED) is 0.248. The molecule has 0 saturated carbocycles. The van der Waals surface area contributed by atoms with Crippen LogP contribution >= 0.6 is 11.6 Å². The zero-order valence-electron chi connectivity index (χ0n) is 17.8. The van der Waals surface area contributed by atoms with Crippen LogP contribution in [0.3, 0.4) is 0 Å². The van der Waals surface area contributed by atoms with Crippen molar-refractivity contribution in [1.29, 1.82) is 0 Å². The monoisotopic (exact) mass is 438 g/mol. The van der Waals surface area contributed by atoms with E-state index in [1.54, 1.807) is 0 Å². The molecule has 5 heteroatoms. The molecule has 0 atom stereocenters. The number of rotatable bonds is 6. The molecule has 2 N–H and O–H groups in total. The highest BCUT2D eigenvalue weighted by molar-refractivity contribution is 6.17. The lowest BCUT2D eigenvalue weighted by atomic mass is 10.0. The lowest BCUT2D eigenvalue weighted by Crippen LogP contribution is -2.06. The SMILES string of the molecule is CCCCCCl.Cc1c(C(=O)O)cccc1C(=O)O.c1ccc(-c2ccc3cc2-3)cc1. The minimum Gasteiger partial charge on any atom is -0.478 e. The third-order valence-corrected chi connectivity index (χ3v) is 5.13. The average Bonchev–Trinajstić information content (AvgIpc) is 3.42. The number of fused-ring (bicyclic) bond motifs is 1. The standard InChI is InChI=1S/C12H8.C9H8O4.C5H11Cl/c1-2-4-9(5-3-1)11-7-6-10-8-12(10)11;1-5-6(8(10)11)3-2-4-7(5)9(12)13;1-2-3-4-5-6/h1-8H;2-4H,1H3,(H,10,11)(H,12,13);2-5H2,1H3. The Labute approximate surface area is 188 Å². The van der Waals surface area contributed by atoms with E-state index in [1.807, 2.05) is 0 Å². The smallest absolute Gasteiger partial charge is 0.335 e. The van der Waals surface area contributed by atoms with Gasteiger partial charge in [0.25, 0.3) is 0 Å². The van der Waals surface area contributed by atoms with Gasteiger partial charge >= 0.3 is 11.9 Å². The van der Waals surface area contributed by atoms with Gasteiger partial charge in [0, 0.05) is 5.88 Å². The predicted molar refractivity (Wildman–Crippen MR) is 126 cm³/mol. The number of benzene rings is 3. The number of carbonyl (C=O) groups is 2. The third kappa shape index (κ3) is 6.97. The Kier molecular flexibility index (Phi) is 9.29. The average molecular weight is 439 g/mol. The van der Waals surface area contributed by atoms with Crippen molar-refractivity contribution in [3.63, 3.8) is 0 Å². The first-order chi connectivity index (χ1) is 14.9. The second-order valence-corrected chi connectivity index (χ2v) is 7.49. The first kappa shape index (κ1) is 24.2. The lowest BCUT2D eigenvalue weighted by molar-refractivity contribution is 0.0696. The zero-order chi connectivity index (χ0) is 22.8. The molecule has 0 amide bonds. The van der Waals surface area contributed by atoms with Crippen LogP contribution in [0.15, 0.2) is 66.7 Å². The second-order valence-electron chi connectivity index (χ2n) is 7.11. The van der Waals surface area contributed by atoms with Crippen molar-refractivity contribution in [3.05, 3.63) is 83.4 Å². The number of hydrogen-bond acceptors (Lipinski definition) is 2. The van der Waals surface area contributed by atoms with Crippen molar-refractivity contribution < 1.29 is 19.8 Å². The molecule has 0 aromatic heterocycles. The van der Waals surface area contributed by atoms with Gasteiger partial charge < -0.3 is 10.2 Å². The van der Waals surface area contributed by atoms with Crippen molar-refractivity contribution in [2.45, 2.75) is 33.1 Å². The first-order valence-corrected chi connectivity index (χ1v) is 10.8. The molecule has 2 aliphatic rings. The van der Waals surface area contributed by atoms with Gasteiger partial charge in [-0.25, -0.2) is 9.59 Å². The Morgan fingerprint density at radius 2 is 1.39 bits per heavy atom. The number of unbranched alkanes of at least 4 members (excludes halogenated alkanes) is 2. The summed E-state index contributed by atoms with van der Waals surface area (Å²) < 4.78 is 0. The molecule has 0 fully saturated rings. The highest BCUT2D eigenvalue weighted by Gasteiger charge is 2.17. The van der Waals surface area contributed by atoms with Gasteiger partial charge in [0.1, 0.15) is 0 Å². The maximum atomic E-state index is 10.6. The summed E-state index contributed by atoms with van der Waals surface area (Å²) in [6.07, 6.45) is 3.73. The maximum absolute atomic E-state index is 10.6. The molecule has 0 unspecified atom stereocenters. The number of halogens is 1. The molecule has 0 radical (unpaired) electrons. The molecular formula is C26H27ClO4. The van der Waals surface area contributed by atoms with Gasteiger partial charge in [0.15, 0.2) is 0 Å². The minimum absolute atomic E-state index is 0.0277. The largest absolute Gasteiger partial charge is 0.478 e. The summed E-state index contributed by atoms with van der Waals surface area (Å²) in [4.78, 5) is 21.2. The van der Waals surface area contributed by atoms with E-state index in [1.165, 1.54) is 66.6 Å². The lowest BCUT2D eigenvalue weighted by Gasteiger charge is -2.03. The van der Waals surface area contributed by atoms with Crippen LogP contribution in [-0.4, -0.2) is 28.0 Å². The van der Waals surface area contributed by atoms with Gasteiger partial charge in [-0.15, -0.1) is 11.6 Å². The minimum atomic E-state index is -1.11. The summed E-state index contributed by atoms with van der Waals surface area (Å²) in [5.41, 5.74) is 5.88. The molecule has 2 aliphatic carbocycles. The number of carboxylic acids is 2. The van der Waals surface area contributed by atoms with Crippen LogP contribution in [0.2, 0.25) is 0 Å². The van der Waals surface area contributed by atoms with E-state index >= 15 is 0 Å². The van der Waals surface area contributed by atoms with Crippen LogP contribution < -0.4 is 0 Å². The Morgan fingerprint density at radius 3 is 1.77 bits per heavy atom. The Balaban J connectivity index is 0.000000177. The van der Waals surface area contributed by atoms with E-state index in [0.29, 0.717) is 0 Å². The topological polar surface area (TPSA) is 74.6 Å². The molecule has 0 spiro atoms. The predicted octanol–water partition coefficient (Wildman–Crippen LogP) is 7.14. The number of aromatic carboxylic acids is 2. The van der Waals surface area contributed by atoms with Crippen molar-refractivity contribution in [2.24, 2.45) is 0 Å². The summed E-state index contributed by atoms with van der Waals surface area (Å²) in [6.45, 7) is 3.65. The first-order valence-electron chi connectivity index (χ1n) is 10.2. The van der Waals surface area contributed by atoms with Crippen LogP contribution in [0.5, 0.6) is 0 Å². The van der Waals surface area contributed by atoms with Gasteiger partial charge in [0.05, 0.1) is 11.1 Å². The molecule has 4 nitrogen and oxygen atoms in total. The molecule has 0 bridgehead atoms. The molecule has 31 heavy (non-hydrogen) atoms. The summed E-state index contributed by atoms with van der Waals surface area (Å²) in [6, 6.07) is 21.3. The van der Waals surface area contributed by atoms with Crippen LogP contribution in [0, 0.1) is 6.92 Å². The highest BCUT2D eigenvalue weighted by Crippen LogP contribution is 2.43. The van der Waals surface area contributed by atoms with Crippen LogP contribution in [0.4, 0.5) is 0 Å². The van der Waals surface area contributed by atoms with Crippen LogP contribution in [-0.2, 0) is 0 Å². The second kappa shape index (κ2) is 11.9. The summed E-state index contributed by atoms with van der Waals surface area (Å²) in [5.74, 6) is -1.39.